The molecule has 0 unspecified atom stereocenters. The number of hydrogen-bond donors (Lipinski definition) is 1. The molecule has 2 aliphatic heterocycles. The summed E-state index contributed by atoms with van der Waals surface area (Å²) in [4.78, 5) is 14.7. The minimum absolute atomic E-state index is 0.174. The molecule has 1 amide bonds. The molecule has 0 bridgehead atoms. The van der Waals surface area contributed by atoms with Crippen molar-refractivity contribution in [2.75, 3.05) is 26.2 Å². The average molecular weight is 302 g/mol. The Hall–Kier alpha value is -1.39. The standard InChI is InChI=1S/C18H26N2O2/c21-18(19-13-17-7-4-12-22-17)16-8-10-20(11-9-16)14-15-5-2-1-3-6-15/h1-3,5-6,16-17H,4,7-14H2,(H,19,21)/t17-/m1/s1. The van der Waals surface area contributed by atoms with Crippen LogP contribution >= 0.6 is 0 Å². The van der Waals surface area contributed by atoms with Gasteiger partial charge in [0.05, 0.1) is 6.10 Å². The van der Waals surface area contributed by atoms with Crippen molar-refractivity contribution in [2.24, 2.45) is 5.92 Å². The fourth-order valence-electron chi connectivity index (χ4n) is 3.36. The molecule has 120 valence electrons. The van der Waals surface area contributed by atoms with E-state index in [1.165, 1.54) is 5.56 Å². The number of hydrogen-bond acceptors (Lipinski definition) is 3. The van der Waals surface area contributed by atoms with Gasteiger partial charge < -0.3 is 10.1 Å². The largest absolute Gasteiger partial charge is 0.376 e. The highest BCUT2D eigenvalue weighted by molar-refractivity contribution is 5.78. The summed E-state index contributed by atoms with van der Waals surface area (Å²) in [5, 5.41) is 3.08. The SMILES string of the molecule is O=C(NC[C@H]1CCCO1)C1CCN(Cc2ccccc2)CC1. The van der Waals surface area contributed by atoms with E-state index < -0.39 is 0 Å². The number of nitrogens with zero attached hydrogens (tertiary/aromatic N) is 1. The number of benzene rings is 1. The lowest BCUT2D eigenvalue weighted by molar-refractivity contribution is -0.127. The van der Waals surface area contributed by atoms with Crippen LogP contribution in [0.1, 0.15) is 31.2 Å². The maximum atomic E-state index is 12.2. The fraction of sp³-hybridized carbons (Fsp3) is 0.611. The molecule has 1 aromatic carbocycles. The zero-order chi connectivity index (χ0) is 15.2. The van der Waals surface area contributed by atoms with E-state index in [9.17, 15) is 4.79 Å². The molecule has 4 heteroatoms. The van der Waals surface area contributed by atoms with E-state index >= 15 is 0 Å². The number of piperidine rings is 1. The molecular weight excluding hydrogens is 276 g/mol. The van der Waals surface area contributed by atoms with Crippen molar-refractivity contribution < 1.29 is 9.53 Å². The highest BCUT2D eigenvalue weighted by Gasteiger charge is 2.25. The quantitative estimate of drug-likeness (QED) is 0.906. The summed E-state index contributed by atoms with van der Waals surface area (Å²) in [6, 6.07) is 10.6. The van der Waals surface area contributed by atoms with Crippen LogP contribution in [0.2, 0.25) is 0 Å². The molecule has 22 heavy (non-hydrogen) atoms. The van der Waals surface area contributed by atoms with Crippen molar-refractivity contribution in [1.82, 2.24) is 10.2 Å². The third-order valence-corrected chi connectivity index (χ3v) is 4.74. The minimum atomic E-state index is 0.174. The van der Waals surface area contributed by atoms with Crippen molar-refractivity contribution in [3.63, 3.8) is 0 Å². The van der Waals surface area contributed by atoms with Crippen LogP contribution in [0, 0.1) is 5.92 Å². The summed E-state index contributed by atoms with van der Waals surface area (Å²) in [6.07, 6.45) is 4.37. The van der Waals surface area contributed by atoms with Crippen LogP contribution in [0.5, 0.6) is 0 Å². The Morgan fingerprint density at radius 2 is 1.95 bits per heavy atom. The van der Waals surface area contributed by atoms with E-state index in [1.54, 1.807) is 0 Å². The summed E-state index contributed by atoms with van der Waals surface area (Å²) in [5.74, 6) is 0.392. The number of carbonyl (C=O) groups excluding carboxylic acids is 1. The van der Waals surface area contributed by atoms with Gasteiger partial charge in [0.2, 0.25) is 5.91 Å². The van der Waals surface area contributed by atoms with Crippen LogP contribution < -0.4 is 5.32 Å². The lowest BCUT2D eigenvalue weighted by Gasteiger charge is -2.31. The Labute approximate surface area is 132 Å². The van der Waals surface area contributed by atoms with Crippen LogP contribution in [0.4, 0.5) is 0 Å². The van der Waals surface area contributed by atoms with Crippen molar-refractivity contribution in [1.29, 1.82) is 0 Å². The van der Waals surface area contributed by atoms with Crippen LogP contribution in [-0.2, 0) is 16.1 Å². The van der Waals surface area contributed by atoms with E-state index in [1.807, 2.05) is 6.07 Å². The molecular formula is C18H26N2O2. The van der Waals surface area contributed by atoms with Gasteiger partial charge in [-0.1, -0.05) is 30.3 Å². The van der Waals surface area contributed by atoms with Crippen LogP contribution in [0.25, 0.3) is 0 Å². The maximum Gasteiger partial charge on any atom is 0.223 e. The minimum Gasteiger partial charge on any atom is -0.376 e. The van der Waals surface area contributed by atoms with E-state index in [4.69, 9.17) is 4.74 Å². The van der Waals surface area contributed by atoms with Gasteiger partial charge in [0.25, 0.3) is 0 Å². The maximum absolute atomic E-state index is 12.2. The number of rotatable bonds is 5. The second-order valence-electron chi connectivity index (χ2n) is 6.42. The number of amides is 1. The van der Waals surface area contributed by atoms with E-state index in [2.05, 4.69) is 34.5 Å². The van der Waals surface area contributed by atoms with Crippen molar-refractivity contribution in [2.45, 2.75) is 38.3 Å². The molecule has 1 N–H and O–H groups in total. The predicted octanol–water partition coefficient (Wildman–Crippen LogP) is 2.19. The van der Waals surface area contributed by atoms with E-state index in [0.29, 0.717) is 6.54 Å². The Balaban J connectivity index is 1.38. The van der Waals surface area contributed by atoms with Crippen LogP contribution in [0.3, 0.4) is 0 Å². The first-order valence-electron chi connectivity index (χ1n) is 8.47. The highest BCUT2D eigenvalue weighted by atomic mass is 16.5. The smallest absolute Gasteiger partial charge is 0.223 e. The summed E-state index contributed by atoms with van der Waals surface area (Å²) in [5.41, 5.74) is 1.35. The van der Waals surface area contributed by atoms with Gasteiger partial charge in [-0.2, -0.15) is 0 Å². The predicted molar refractivity (Wildman–Crippen MR) is 86.4 cm³/mol. The third kappa shape index (κ3) is 4.31. The van der Waals surface area contributed by atoms with E-state index in [-0.39, 0.29) is 17.9 Å². The molecule has 2 fully saturated rings. The first-order chi connectivity index (χ1) is 10.8. The second kappa shape index (κ2) is 7.75. The Bertz CT molecular complexity index is 463. The van der Waals surface area contributed by atoms with Crippen LogP contribution in [-0.4, -0.2) is 43.2 Å². The van der Waals surface area contributed by atoms with Crippen molar-refractivity contribution in [3.8, 4) is 0 Å². The van der Waals surface area contributed by atoms with Gasteiger partial charge >= 0.3 is 0 Å². The molecule has 0 spiro atoms. The topological polar surface area (TPSA) is 41.6 Å². The highest BCUT2D eigenvalue weighted by Crippen LogP contribution is 2.19. The molecule has 2 saturated heterocycles. The second-order valence-corrected chi connectivity index (χ2v) is 6.42. The lowest BCUT2D eigenvalue weighted by atomic mass is 9.95. The molecule has 0 saturated carbocycles. The molecule has 3 rings (SSSR count). The van der Waals surface area contributed by atoms with Crippen molar-refractivity contribution in [3.05, 3.63) is 35.9 Å². The van der Waals surface area contributed by atoms with Gasteiger partial charge in [-0.15, -0.1) is 0 Å². The molecule has 1 atom stereocenters. The molecule has 1 aromatic rings. The van der Waals surface area contributed by atoms with Gasteiger partial charge in [0.15, 0.2) is 0 Å². The van der Waals surface area contributed by atoms with E-state index in [0.717, 1.165) is 51.9 Å². The molecule has 2 aliphatic rings. The van der Waals surface area contributed by atoms with Gasteiger partial charge in [0.1, 0.15) is 0 Å². The first kappa shape index (κ1) is 15.5. The first-order valence-corrected chi connectivity index (χ1v) is 8.47. The number of ether oxygens (including phenoxy) is 1. The normalized spacial score (nSPS) is 23.5. The third-order valence-electron chi connectivity index (χ3n) is 4.74. The molecule has 2 heterocycles. The Morgan fingerprint density at radius 3 is 2.64 bits per heavy atom. The zero-order valence-corrected chi connectivity index (χ0v) is 13.2. The number of carbonyl (C=O) groups is 1. The van der Waals surface area contributed by atoms with Gasteiger partial charge in [0, 0.05) is 25.6 Å². The summed E-state index contributed by atoms with van der Waals surface area (Å²) in [7, 11) is 0. The van der Waals surface area contributed by atoms with Gasteiger partial charge in [-0.25, -0.2) is 0 Å². The lowest BCUT2D eigenvalue weighted by Crippen LogP contribution is -2.42. The van der Waals surface area contributed by atoms with Gasteiger partial charge in [-0.3, -0.25) is 9.69 Å². The summed E-state index contributed by atoms with van der Waals surface area (Å²) >= 11 is 0. The monoisotopic (exact) mass is 302 g/mol. The molecule has 0 aliphatic carbocycles. The average Bonchev–Trinajstić information content (AvgIpc) is 3.08. The van der Waals surface area contributed by atoms with Gasteiger partial charge in [-0.05, 0) is 44.3 Å². The summed E-state index contributed by atoms with van der Waals surface area (Å²) < 4.78 is 5.55. The van der Waals surface area contributed by atoms with Crippen molar-refractivity contribution >= 4 is 5.91 Å². The number of nitrogens with one attached hydrogen (secondary N) is 1. The molecule has 0 aromatic heterocycles. The Morgan fingerprint density at radius 1 is 1.18 bits per heavy atom. The zero-order valence-electron chi connectivity index (χ0n) is 13.2. The molecule has 4 nitrogen and oxygen atoms in total. The fourth-order valence-corrected chi connectivity index (χ4v) is 3.36. The Kier molecular flexibility index (Phi) is 5.46. The van der Waals surface area contributed by atoms with Crippen LogP contribution in [0.15, 0.2) is 30.3 Å². The summed E-state index contributed by atoms with van der Waals surface area (Å²) in [6.45, 7) is 4.53. The number of likely N-dealkylation sites (tertiary alicyclic amines) is 1. The molecule has 0 radical (unpaired) electrons.